The predicted molar refractivity (Wildman–Crippen MR) is 104 cm³/mol. The molecule has 0 saturated carbocycles. The van der Waals surface area contributed by atoms with Gasteiger partial charge >= 0.3 is 12.0 Å². The van der Waals surface area contributed by atoms with E-state index in [1.165, 1.54) is 0 Å². The molecule has 0 radical (unpaired) electrons. The van der Waals surface area contributed by atoms with Crippen molar-refractivity contribution >= 4 is 29.3 Å². The van der Waals surface area contributed by atoms with Gasteiger partial charge in [0.2, 0.25) is 5.91 Å². The molecule has 0 spiro atoms. The monoisotopic (exact) mass is 405 g/mol. The Labute approximate surface area is 166 Å². The molecule has 154 valence electrons. The van der Waals surface area contributed by atoms with Crippen molar-refractivity contribution < 1.29 is 27.9 Å². The van der Waals surface area contributed by atoms with Crippen LogP contribution in [0.25, 0.3) is 0 Å². The van der Waals surface area contributed by atoms with E-state index in [4.69, 9.17) is 0 Å². The minimum atomic E-state index is -1.12. The Morgan fingerprint density at radius 3 is 2.21 bits per heavy atom. The first-order valence-electron chi connectivity index (χ1n) is 8.73. The molecule has 0 aromatic heterocycles. The summed E-state index contributed by atoms with van der Waals surface area (Å²) in [6.45, 7) is 3.38. The highest BCUT2D eigenvalue weighted by Crippen LogP contribution is 2.21. The third-order valence-corrected chi connectivity index (χ3v) is 3.99. The highest BCUT2D eigenvalue weighted by molar-refractivity contribution is 6.00. The second-order valence-corrected chi connectivity index (χ2v) is 6.48. The van der Waals surface area contributed by atoms with E-state index in [9.17, 15) is 23.2 Å². The molecule has 3 amide bonds. The van der Waals surface area contributed by atoms with Gasteiger partial charge in [0.05, 0.1) is 18.4 Å². The molecule has 0 aliphatic rings. The van der Waals surface area contributed by atoms with Gasteiger partial charge < -0.3 is 20.7 Å². The Bertz CT molecular complexity index is 904. The summed E-state index contributed by atoms with van der Waals surface area (Å²) in [5.41, 5.74) is -0.409. The number of rotatable bonds is 6. The maximum atomic E-state index is 14.1. The number of esters is 1. The van der Waals surface area contributed by atoms with Crippen molar-refractivity contribution in [3.8, 4) is 0 Å². The molecular formula is C20H21F2N3O4. The molecule has 7 nitrogen and oxygen atoms in total. The number of nitrogens with one attached hydrogen (secondary N) is 3. The second-order valence-electron chi connectivity index (χ2n) is 6.48. The number of para-hydroxylation sites is 1. The van der Waals surface area contributed by atoms with Crippen LogP contribution in [0.4, 0.5) is 25.0 Å². The van der Waals surface area contributed by atoms with Crippen molar-refractivity contribution in [1.82, 2.24) is 5.32 Å². The van der Waals surface area contributed by atoms with E-state index in [2.05, 4.69) is 20.7 Å². The molecule has 2 aromatic carbocycles. The smallest absolute Gasteiger partial charge is 0.340 e. The summed E-state index contributed by atoms with van der Waals surface area (Å²) in [5.74, 6) is -4.28. The third-order valence-electron chi connectivity index (χ3n) is 3.99. The molecule has 0 bridgehead atoms. The first-order valence-corrected chi connectivity index (χ1v) is 8.73. The average molecular weight is 405 g/mol. The molecule has 0 unspecified atom stereocenters. The van der Waals surface area contributed by atoms with Crippen LogP contribution in [-0.2, 0) is 9.53 Å². The standard InChI is InChI=1S/C20H21F2N3O4/c1-11(2)17(25-20(28)23-12-7-5-4-6-8-12)18(26)24-16-9-13(19(27)29-3)14(21)10-15(16)22/h4-11,17H,1-3H3,(H,24,26)(H2,23,25,28)/t17-/m0/s1. The fraction of sp³-hybridized carbons (Fsp3) is 0.250. The Balaban J connectivity index is 2.15. The van der Waals surface area contributed by atoms with Crippen molar-refractivity contribution in [2.24, 2.45) is 5.92 Å². The van der Waals surface area contributed by atoms with Crippen molar-refractivity contribution in [3.05, 3.63) is 59.7 Å². The Morgan fingerprint density at radius 2 is 1.62 bits per heavy atom. The number of hydrogen-bond donors (Lipinski definition) is 3. The van der Waals surface area contributed by atoms with Gasteiger partial charge in [0.25, 0.3) is 0 Å². The lowest BCUT2D eigenvalue weighted by Crippen LogP contribution is -2.48. The lowest BCUT2D eigenvalue weighted by Gasteiger charge is -2.22. The quantitative estimate of drug-likeness (QED) is 0.641. The van der Waals surface area contributed by atoms with Crippen molar-refractivity contribution in [3.63, 3.8) is 0 Å². The highest BCUT2D eigenvalue weighted by Gasteiger charge is 2.26. The van der Waals surface area contributed by atoms with Crippen LogP contribution in [0, 0.1) is 17.6 Å². The van der Waals surface area contributed by atoms with Crippen LogP contribution in [0.15, 0.2) is 42.5 Å². The zero-order valence-electron chi connectivity index (χ0n) is 16.1. The van der Waals surface area contributed by atoms with Crippen LogP contribution in [0.5, 0.6) is 0 Å². The average Bonchev–Trinajstić information content (AvgIpc) is 2.68. The van der Waals surface area contributed by atoms with Gasteiger partial charge in [0.15, 0.2) is 0 Å². The van der Waals surface area contributed by atoms with Crippen LogP contribution in [0.3, 0.4) is 0 Å². The lowest BCUT2D eigenvalue weighted by molar-refractivity contribution is -0.118. The van der Waals surface area contributed by atoms with Gasteiger partial charge in [-0.05, 0) is 24.1 Å². The number of carbonyl (C=O) groups is 3. The summed E-state index contributed by atoms with van der Waals surface area (Å²) in [5, 5.41) is 7.37. The highest BCUT2D eigenvalue weighted by atomic mass is 19.1. The normalized spacial score (nSPS) is 11.5. The fourth-order valence-electron chi connectivity index (χ4n) is 2.49. The van der Waals surface area contributed by atoms with E-state index in [0.717, 1.165) is 13.2 Å². The van der Waals surface area contributed by atoms with Gasteiger partial charge in [-0.2, -0.15) is 0 Å². The summed E-state index contributed by atoms with van der Waals surface area (Å²) in [6, 6.07) is 8.27. The van der Waals surface area contributed by atoms with Gasteiger partial charge in [-0.3, -0.25) is 4.79 Å². The summed E-state index contributed by atoms with van der Waals surface area (Å²) < 4.78 is 32.3. The molecule has 9 heteroatoms. The number of ether oxygens (including phenoxy) is 1. The third kappa shape index (κ3) is 5.74. The van der Waals surface area contributed by atoms with Gasteiger partial charge in [-0.1, -0.05) is 32.0 Å². The molecule has 29 heavy (non-hydrogen) atoms. The molecule has 1 atom stereocenters. The minimum absolute atomic E-state index is 0.347. The van der Waals surface area contributed by atoms with E-state index in [1.807, 2.05) is 0 Å². The molecule has 0 heterocycles. The van der Waals surface area contributed by atoms with Crippen LogP contribution in [-0.4, -0.2) is 31.1 Å². The van der Waals surface area contributed by atoms with Crippen LogP contribution < -0.4 is 16.0 Å². The lowest BCUT2D eigenvalue weighted by atomic mass is 10.0. The minimum Gasteiger partial charge on any atom is -0.465 e. The van der Waals surface area contributed by atoms with Crippen LogP contribution >= 0.6 is 0 Å². The van der Waals surface area contributed by atoms with E-state index in [1.54, 1.807) is 44.2 Å². The van der Waals surface area contributed by atoms with E-state index >= 15 is 0 Å². The summed E-state index contributed by atoms with van der Waals surface area (Å²) in [4.78, 5) is 36.4. The fourth-order valence-corrected chi connectivity index (χ4v) is 2.49. The Hall–Kier alpha value is -3.49. The Kier molecular flexibility index (Phi) is 7.24. The maximum absolute atomic E-state index is 14.1. The largest absolute Gasteiger partial charge is 0.465 e. The zero-order chi connectivity index (χ0) is 21.6. The molecule has 0 fully saturated rings. The van der Waals surface area contributed by atoms with Crippen molar-refractivity contribution in [2.45, 2.75) is 19.9 Å². The molecule has 3 N–H and O–H groups in total. The number of carbonyl (C=O) groups excluding carboxylic acids is 3. The molecule has 2 aromatic rings. The van der Waals surface area contributed by atoms with Crippen molar-refractivity contribution in [1.29, 1.82) is 0 Å². The van der Waals surface area contributed by atoms with E-state index in [0.29, 0.717) is 11.8 Å². The summed E-state index contributed by atoms with van der Waals surface area (Å²) in [7, 11) is 1.05. The molecule has 0 aliphatic heterocycles. The number of anilines is 2. The Morgan fingerprint density at radius 1 is 0.966 bits per heavy atom. The SMILES string of the molecule is COC(=O)c1cc(NC(=O)[C@@H](NC(=O)Nc2ccccc2)C(C)C)c(F)cc1F. The van der Waals surface area contributed by atoms with Gasteiger partial charge in [0, 0.05) is 11.8 Å². The molecule has 0 saturated heterocycles. The van der Waals surface area contributed by atoms with Crippen LogP contribution in [0.1, 0.15) is 24.2 Å². The van der Waals surface area contributed by atoms with Crippen LogP contribution in [0.2, 0.25) is 0 Å². The van der Waals surface area contributed by atoms with E-state index in [-0.39, 0.29) is 5.92 Å². The summed E-state index contributed by atoms with van der Waals surface area (Å²) in [6.07, 6.45) is 0. The van der Waals surface area contributed by atoms with E-state index < -0.39 is 46.8 Å². The molecule has 2 rings (SSSR count). The number of benzene rings is 2. The number of amides is 3. The van der Waals surface area contributed by atoms with Gasteiger partial charge in [0.1, 0.15) is 17.7 Å². The summed E-state index contributed by atoms with van der Waals surface area (Å²) >= 11 is 0. The number of urea groups is 1. The number of hydrogen-bond acceptors (Lipinski definition) is 4. The molecule has 0 aliphatic carbocycles. The number of halogens is 2. The predicted octanol–water partition coefficient (Wildman–Crippen LogP) is 3.54. The maximum Gasteiger partial charge on any atom is 0.340 e. The topological polar surface area (TPSA) is 96.5 Å². The first-order chi connectivity index (χ1) is 13.7. The first kappa shape index (κ1) is 21.8. The zero-order valence-corrected chi connectivity index (χ0v) is 16.1. The molecular weight excluding hydrogens is 384 g/mol. The number of methoxy groups -OCH3 is 1. The van der Waals surface area contributed by atoms with Crippen molar-refractivity contribution in [2.75, 3.05) is 17.7 Å². The van der Waals surface area contributed by atoms with Gasteiger partial charge in [-0.25, -0.2) is 18.4 Å². The second kappa shape index (κ2) is 9.63. The van der Waals surface area contributed by atoms with Gasteiger partial charge in [-0.15, -0.1) is 0 Å².